The fraction of sp³-hybridized carbons (Fsp3) is 0.273. The maximum Gasteiger partial charge on any atom is 0.311 e. The lowest BCUT2D eigenvalue weighted by Crippen LogP contribution is -2.31. The molecule has 1 atom stereocenters. The number of aromatic nitrogens is 1. The molecule has 1 aromatic heterocycles. The zero-order chi connectivity index (χ0) is 21.1. The molecule has 3 rings (SSSR count). The maximum absolute atomic E-state index is 13.5. The van der Waals surface area contributed by atoms with E-state index in [0.717, 1.165) is 5.56 Å². The number of benzene rings is 2. The average Bonchev–Trinajstić information content (AvgIpc) is 2.69. The van der Waals surface area contributed by atoms with Gasteiger partial charge in [0.15, 0.2) is 0 Å². The third-order valence-electron chi connectivity index (χ3n) is 4.97. The molecule has 0 saturated heterocycles. The Morgan fingerprint density at radius 2 is 1.79 bits per heavy atom. The molecule has 2 aromatic carbocycles. The van der Waals surface area contributed by atoms with Gasteiger partial charge in [0.25, 0.3) is 5.56 Å². The van der Waals surface area contributed by atoms with Gasteiger partial charge in [-0.15, -0.1) is 0 Å². The molecular weight excluding hydrogens is 411 g/mol. The summed E-state index contributed by atoms with van der Waals surface area (Å²) in [5, 5.41) is 11.7. The Hall–Kier alpha value is -2.34. The molecule has 0 saturated carbocycles. The van der Waals surface area contributed by atoms with Crippen molar-refractivity contribution in [2.45, 2.75) is 32.2 Å². The van der Waals surface area contributed by atoms with E-state index in [1.54, 1.807) is 47.0 Å². The van der Waals surface area contributed by atoms with Gasteiger partial charge in [0.1, 0.15) is 0 Å². The monoisotopic (exact) mass is 432 g/mol. The molecule has 5 nitrogen and oxygen atoms in total. The molecule has 0 aliphatic rings. The number of carbonyl (C=O) groups is 1. The summed E-state index contributed by atoms with van der Waals surface area (Å²) in [6, 6.07) is 12.3. The summed E-state index contributed by atoms with van der Waals surface area (Å²) < 4.78 is 1.55. The summed E-state index contributed by atoms with van der Waals surface area (Å²) in [6.45, 7) is 2.43. The van der Waals surface area contributed by atoms with Gasteiger partial charge in [0.2, 0.25) is 0 Å². The van der Waals surface area contributed by atoms with Gasteiger partial charge in [-0.1, -0.05) is 48.7 Å². The third kappa shape index (κ3) is 4.17. The number of fused-ring (bicyclic) bond motifs is 1. The van der Waals surface area contributed by atoms with Crippen molar-refractivity contribution in [2.75, 3.05) is 6.54 Å². The molecule has 0 fully saturated rings. The van der Waals surface area contributed by atoms with Crippen molar-refractivity contribution in [2.24, 2.45) is 5.73 Å². The number of carboxylic acids is 1. The molecule has 0 aliphatic heterocycles. The lowest BCUT2D eigenvalue weighted by Gasteiger charge is -2.22. The molecular formula is C22H22Cl2N2O3. The molecule has 3 aromatic rings. The first kappa shape index (κ1) is 21.4. The number of halogens is 2. The number of pyridine rings is 1. The SMILES string of the molecule is CCCC(C(=O)O)c1c(-c2ccc(Cl)cc2)c2cc(Cl)ccc2n(CCN)c1=O. The molecule has 1 unspecified atom stereocenters. The van der Waals surface area contributed by atoms with E-state index in [1.807, 2.05) is 6.92 Å². The standard InChI is InChI=1S/C22H22Cl2N2O3/c1-2-3-16(22(28)29)20-19(13-4-6-14(23)7-5-13)17-12-15(24)8-9-18(17)26(11-10-25)21(20)27/h4-9,12,16H,2-3,10-11,25H2,1H3,(H,28,29). The molecule has 0 bridgehead atoms. The van der Waals surface area contributed by atoms with Gasteiger partial charge in [-0.2, -0.15) is 0 Å². The summed E-state index contributed by atoms with van der Waals surface area (Å²) in [4.78, 5) is 25.7. The minimum atomic E-state index is -1.03. The summed E-state index contributed by atoms with van der Waals surface area (Å²) >= 11 is 12.3. The van der Waals surface area contributed by atoms with Crippen molar-refractivity contribution >= 4 is 40.1 Å². The first-order chi connectivity index (χ1) is 13.9. The van der Waals surface area contributed by atoms with Crippen LogP contribution in [-0.4, -0.2) is 22.2 Å². The van der Waals surface area contributed by atoms with Gasteiger partial charge in [-0.05, 0) is 42.3 Å². The molecule has 0 radical (unpaired) electrons. The van der Waals surface area contributed by atoms with Crippen molar-refractivity contribution in [1.82, 2.24) is 4.57 Å². The number of carboxylic acid groups (broad SMARTS) is 1. The number of nitrogens with zero attached hydrogens (tertiary/aromatic N) is 1. The van der Waals surface area contributed by atoms with E-state index in [-0.39, 0.29) is 24.2 Å². The zero-order valence-electron chi connectivity index (χ0n) is 16.0. The zero-order valence-corrected chi connectivity index (χ0v) is 17.5. The lowest BCUT2D eigenvalue weighted by atomic mass is 9.86. The number of hydrogen-bond donors (Lipinski definition) is 2. The van der Waals surface area contributed by atoms with Crippen molar-refractivity contribution in [1.29, 1.82) is 0 Å². The topological polar surface area (TPSA) is 85.3 Å². The van der Waals surface area contributed by atoms with Crippen LogP contribution in [-0.2, 0) is 11.3 Å². The maximum atomic E-state index is 13.5. The number of hydrogen-bond acceptors (Lipinski definition) is 3. The van der Waals surface area contributed by atoms with Crippen LogP contribution in [0.15, 0.2) is 47.3 Å². The lowest BCUT2D eigenvalue weighted by molar-refractivity contribution is -0.139. The van der Waals surface area contributed by atoms with Gasteiger partial charge < -0.3 is 15.4 Å². The number of nitrogens with two attached hydrogens (primary N) is 1. The second kappa shape index (κ2) is 8.99. The van der Waals surface area contributed by atoms with E-state index in [2.05, 4.69) is 0 Å². The summed E-state index contributed by atoms with van der Waals surface area (Å²) in [5.41, 5.74) is 7.63. The van der Waals surface area contributed by atoms with Crippen LogP contribution >= 0.6 is 23.2 Å². The minimum absolute atomic E-state index is 0.253. The van der Waals surface area contributed by atoms with E-state index >= 15 is 0 Å². The molecule has 0 amide bonds. The van der Waals surface area contributed by atoms with E-state index in [4.69, 9.17) is 28.9 Å². The first-order valence-corrected chi connectivity index (χ1v) is 10.2. The summed E-state index contributed by atoms with van der Waals surface area (Å²) in [6.07, 6.45) is 0.973. The molecule has 7 heteroatoms. The Kier molecular flexibility index (Phi) is 6.63. The second-order valence-electron chi connectivity index (χ2n) is 6.88. The van der Waals surface area contributed by atoms with Crippen LogP contribution in [0.25, 0.3) is 22.0 Å². The van der Waals surface area contributed by atoms with Crippen molar-refractivity contribution in [3.05, 3.63) is 68.4 Å². The van der Waals surface area contributed by atoms with Crippen molar-refractivity contribution < 1.29 is 9.90 Å². The third-order valence-corrected chi connectivity index (χ3v) is 5.46. The van der Waals surface area contributed by atoms with Gasteiger partial charge in [-0.3, -0.25) is 9.59 Å². The predicted octanol–water partition coefficient (Wildman–Crippen LogP) is 4.90. The van der Waals surface area contributed by atoms with Gasteiger partial charge in [0.05, 0.1) is 11.4 Å². The van der Waals surface area contributed by atoms with Gasteiger partial charge in [-0.25, -0.2) is 0 Å². The highest BCUT2D eigenvalue weighted by Crippen LogP contribution is 2.37. The van der Waals surface area contributed by atoms with Crippen LogP contribution in [0.3, 0.4) is 0 Å². The quantitative estimate of drug-likeness (QED) is 0.555. The smallest absolute Gasteiger partial charge is 0.311 e. The largest absolute Gasteiger partial charge is 0.481 e. The highest BCUT2D eigenvalue weighted by molar-refractivity contribution is 6.31. The van der Waals surface area contributed by atoms with E-state index < -0.39 is 11.9 Å². The molecule has 152 valence electrons. The van der Waals surface area contributed by atoms with Crippen molar-refractivity contribution in [3.63, 3.8) is 0 Å². The Morgan fingerprint density at radius 3 is 2.38 bits per heavy atom. The van der Waals surface area contributed by atoms with Crippen molar-refractivity contribution in [3.8, 4) is 11.1 Å². The summed E-state index contributed by atoms with van der Waals surface area (Å²) in [7, 11) is 0. The van der Waals surface area contributed by atoms with Crippen LogP contribution in [0.1, 0.15) is 31.2 Å². The van der Waals surface area contributed by atoms with Gasteiger partial charge in [0, 0.05) is 39.6 Å². The molecule has 3 N–H and O–H groups in total. The Balaban J connectivity index is 2.52. The van der Waals surface area contributed by atoms with E-state index in [9.17, 15) is 14.7 Å². The second-order valence-corrected chi connectivity index (χ2v) is 7.75. The van der Waals surface area contributed by atoms with Crippen LogP contribution in [0.5, 0.6) is 0 Å². The highest BCUT2D eigenvalue weighted by Gasteiger charge is 2.29. The molecule has 0 aliphatic carbocycles. The average molecular weight is 433 g/mol. The van der Waals surface area contributed by atoms with Crippen LogP contribution in [0.4, 0.5) is 0 Å². The van der Waals surface area contributed by atoms with Crippen LogP contribution in [0.2, 0.25) is 10.0 Å². The van der Waals surface area contributed by atoms with E-state index in [0.29, 0.717) is 39.4 Å². The highest BCUT2D eigenvalue weighted by atomic mass is 35.5. The fourth-order valence-corrected chi connectivity index (χ4v) is 4.03. The molecule has 1 heterocycles. The Labute approximate surface area is 178 Å². The van der Waals surface area contributed by atoms with Crippen LogP contribution in [0, 0.1) is 0 Å². The Bertz CT molecular complexity index is 1110. The van der Waals surface area contributed by atoms with Crippen LogP contribution < -0.4 is 11.3 Å². The van der Waals surface area contributed by atoms with Gasteiger partial charge >= 0.3 is 5.97 Å². The number of aliphatic carboxylic acids is 1. The Morgan fingerprint density at radius 1 is 1.14 bits per heavy atom. The predicted molar refractivity (Wildman–Crippen MR) is 118 cm³/mol. The minimum Gasteiger partial charge on any atom is -0.481 e. The summed E-state index contributed by atoms with van der Waals surface area (Å²) in [5.74, 6) is -1.97. The fourth-order valence-electron chi connectivity index (χ4n) is 3.73. The normalized spacial score (nSPS) is 12.3. The van der Waals surface area contributed by atoms with E-state index in [1.165, 1.54) is 0 Å². The first-order valence-electron chi connectivity index (χ1n) is 9.43. The molecule has 0 spiro atoms. The number of rotatable bonds is 7. The molecule has 29 heavy (non-hydrogen) atoms.